The van der Waals surface area contributed by atoms with Gasteiger partial charge in [-0.15, -0.1) is 12.4 Å². The Labute approximate surface area is 101 Å². The van der Waals surface area contributed by atoms with Crippen LogP contribution in [-0.4, -0.2) is 18.1 Å². The van der Waals surface area contributed by atoms with E-state index in [1.807, 2.05) is 0 Å². The molecule has 1 rings (SSSR count). The third kappa shape index (κ3) is 3.83. The molecule has 1 unspecified atom stereocenters. The van der Waals surface area contributed by atoms with E-state index in [0.717, 1.165) is 6.42 Å². The van der Waals surface area contributed by atoms with E-state index < -0.39 is 5.97 Å². The van der Waals surface area contributed by atoms with Crippen LogP contribution in [0.4, 0.5) is 0 Å². The van der Waals surface area contributed by atoms with Gasteiger partial charge in [0.2, 0.25) is 11.7 Å². The highest BCUT2D eigenvalue weighted by atomic mass is 35.5. The molecule has 0 fully saturated rings. The summed E-state index contributed by atoms with van der Waals surface area (Å²) in [5, 5.41) is 0. The van der Waals surface area contributed by atoms with E-state index in [-0.39, 0.29) is 24.2 Å². The van der Waals surface area contributed by atoms with Crippen molar-refractivity contribution in [3.05, 3.63) is 17.8 Å². The Kier molecular flexibility index (Phi) is 6.06. The van der Waals surface area contributed by atoms with Crippen LogP contribution < -0.4 is 5.73 Å². The molecule has 92 valence electrons. The smallest absolute Gasteiger partial charge is 0.375 e. The number of carbonyl (C=O) groups excluding carboxylic acids is 1. The molecule has 0 bridgehead atoms. The zero-order valence-electron chi connectivity index (χ0n) is 9.60. The maximum atomic E-state index is 11.1. The van der Waals surface area contributed by atoms with Crippen LogP contribution in [0.3, 0.4) is 0 Å². The Hall–Kier alpha value is -1.07. The van der Waals surface area contributed by atoms with E-state index in [9.17, 15) is 4.79 Å². The van der Waals surface area contributed by atoms with Crippen molar-refractivity contribution in [1.82, 2.24) is 4.98 Å². The van der Waals surface area contributed by atoms with Gasteiger partial charge in [0.05, 0.1) is 19.3 Å². The van der Waals surface area contributed by atoms with E-state index in [2.05, 4.69) is 23.6 Å². The van der Waals surface area contributed by atoms with Crippen LogP contribution in [0.2, 0.25) is 0 Å². The summed E-state index contributed by atoms with van der Waals surface area (Å²) in [5.41, 5.74) is 5.84. The minimum absolute atomic E-state index is 0. The van der Waals surface area contributed by atoms with Crippen LogP contribution in [0.5, 0.6) is 0 Å². The number of nitrogens with zero attached hydrogens (tertiary/aromatic N) is 1. The minimum Gasteiger partial charge on any atom is -0.463 e. The zero-order chi connectivity index (χ0) is 11.4. The van der Waals surface area contributed by atoms with Crippen molar-refractivity contribution in [2.45, 2.75) is 26.3 Å². The molecule has 0 saturated heterocycles. The van der Waals surface area contributed by atoms with Crippen molar-refractivity contribution in [1.29, 1.82) is 0 Å². The molecule has 0 aliphatic carbocycles. The van der Waals surface area contributed by atoms with Crippen molar-refractivity contribution in [2.24, 2.45) is 11.7 Å². The number of oxazole rings is 1. The van der Waals surface area contributed by atoms with Crippen LogP contribution in [0.25, 0.3) is 0 Å². The monoisotopic (exact) mass is 248 g/mol. The molecule has 0 aromatic carbocycles. The summed E-state index contributed by atoms with van der Waals surface area (Å²) in [7, 11) is 1.29. The van der Waals surface area contributed by atoms with Gasteiger partial charge in [-0.1, -0.05) is 13.8 Å². The van der Waals surface area contributed by atoms with Crippen molar-refractivity contribution in [3.8, 4) is 0 Å². The highest BCUT2D eigenvalue weighted by Crippen LogP contribution is 2.18. The largest absolute Gasteiger partial charge is 0.463 e. The summed E-state index contributed by atoms with van der Waals surface area (Å²) in [6.07, 6.45) is 2.10. The molecule has 2 N–H and O–H groups in total. The normalized spacial score (nSPS) is 12.1. The summed E-state index contributed by atoms with van der Waals surface area (Å²) < 4.78 is 9.69. The Bertz CT molecular complexity index is 339. The first kappa shape index (κ1) is 14.9. The van der Waals surface area contributed by atoms with Gasteiger partial charge >= 0.3 is 5.97 Å². The molecule has 6 heteroatoms. The van der Waals surface area contributed by atoms with Gasteiger partial charge in [-0.3, -0.25) is 0 Å². The third-order valence-electron chi connectivity index (χ3n) is 1.95. The van der Waals surface area contributed by atoms with E-state index in [1.165, 1.54) is 13.3 Å². The highest BCUT2D eigenvalue weighted by molar-refractivity contribution is 5.85. The molecular weight excluding hydrogens is 232 g/mol. The lowest BCUT2D eigenvalue weighted by Gasteiger charge is -2.09. The molecule has 1 aromatic heterocycles. The lowest BCUT2D eigenvalue weighted by atomic mass is 10.0. The van der Waals surface area contributed by atoms with E-state index in [1.54, 1.807) is 0 Å². The Morgan fingerprint density at radius 2 is 2.25 bits per heavy atom. The first-order valence-corrected chi connectivity index (χ1v) is 4.84. The molecular formula is C10H17ClN2O3. The van der Waals surface area contributed by atoms with Gasteiger partial charge in [0.15, 0.2) is 0 Å². The second-order valence-corrected chi connectivity index (χ2v) is 3.79. The number of rotatable bonds is 4. The van der Waals surface area contributed by atoms with E-state index in [0.29, 0.717) is 11.8 Å². The predicted molar refractivity (Wildman–Crippen MR) is 61.5 cm³/mol. The van der Waals surface area contributed by atoms with Crippen LogP contribution >= 0.6 is 12.4 Å². The standard InChI is InChI=1S/C10H16N2O3.ClH/c1-6(2)4-7(11)9-12-5-8(15-9)10(13)14-3;/h5-7H,4,11H2,1-3H3;1H. The molecule has 0 aliphatic rings. The molecule has 1 heterocycles. The Balaban J connectivity index is 0.00000225. The SMILES string of the molecule is COC(=O)c1cnc(C(N)CC(C)C)o1.Cl. The van der Waals surface area contributed by atoms with Crippen LogP contribution in [0, 0.1) is 5.92 Å². The fraction of sp³-hybridized carbons (Fsp3) is 0.600. The topological polar surface area (TPSA) is 78.3 Å². The van der Waals surface area contributed by atoms with Crippen LogP contribution in [0.15, 0.2) is 10.6 Å². The quantitative estimate of drug-likeness (QED) is 0.824. The molecule has 1 aromatic rings. The van der Waals surface area contributed by atoms with Gasteiger partial charge in [0.25, 0.3) is 0 Å². The second-order valence-electron chi connectivity index (χ2n) is 3.79. The predicted octanol–water partition coefficient (Wildman–Crippen LogP) is 1.93. The highest BCUT2D eigenvalue weighted by Gasteiger charge is 2.17. The second kappa shape index (κ2) is 6.50. The molecule has 16 heavy (non-hydrogen) atoms. The summed E-state index contributed by atoms with van der Waals surface area (Å²) in [6, 6.07) is -0.275. The summed E-state index contributed by atoms with van der Waals surface area (Å²) in [5.74, 6) is 0.384. The Morgan fingerprint density at radius 1 is 1.62 bits per heavy atom. The maximum Gasteiger partial charge on any atom is 0.375 e. The molecule has 0 radical (unpaired) electrons. The van der Waals surface area contributed by atoms with Crippen molar-refractivity contribution < 1.29 is 13.9 Å². The number of esters is 1. The Morgan fingerprint density at radius 3 is 2.75 bits per heavy atom. The zero-order valence-corrected chi connectivity index (χ0v) is 10.4. The number of halogens is 1. The number of carbonyl (C=O) groups is 1. The minimum atomic E-state index is -0.537. The lowest BCUT2D eigenvalue weighted by Crippen LogP contribution is -2.13. The van der Waals surface area contributed by atoms with Gasteiger partial charge in [-0.25, -0.2) is 9.78 Å². The number of nitrogens with two attached hydrogens (primary N) is 1. The van der Waals surface area contributed by atoms with Gasteiger partial charge < -0.3 is 14.9 Å². The molecule has 1 atom stereocenters. The summed E-state index contributed by atoms with van der Waals surface area (Å²) >= 11 is 0. The number of hydrogen-bond donors (Lipinski definition) is 1. The summed E-state index contributed by atoms with van der Waals surface area (Å²) in [4.78, 5) is 15.0. The average molecular weight is 249 g/mol. The molecule has 0 saturated carbocycles. The fourth-order valence-electron chi connectivity index (χ4n) is 1.26. The molecule has 0 spiro atoms. The molecule has 0 amide bonds. The number of hydrogen-bond acceptors (Lipinski definition) is 5. The van der Waals surface area contributed by atoms with E-state index >= 15 is 0 Å². The first-order chi connectivity index (χ1) is 7.04. The maximum absolute atomic E-state index is 11.1. The van der Waals surface area contributed by atoms with Crippen LogP contribution in [-0.2, 0) is 4.74 Å². The summed E-state index contributed by atoms with van der Waals surface area (Å²) in [6.45, 7) is 4.12. The average Bonchev–Trinajstić information content (AvgIpc) is 2.64. The van der Waals surface area contributed by atoms with Gasteiger partial charge in [-0.05, 0) is 12.3 Å². The van der Waals surface area contributed by atoms with Crippen molar-refractivity contribution >= 4 is 18.4 Å². The van der Waals surface area contributed by atoms with Gasteiger partial charge in [0.1, 0.15) is 0 Å². The van der Waals surface area contributed by atoms with Gasteiger partial charge in [0, 0.05) is 0 Å². The first-order valence-electron chi connectivity index (χ1n) is 4.84. The van der Waals surface area contributed by atoms with Crippen molar-refractivity contribution in [2.75, 3.05) is 7.11 Å². The third-order valence-corrected chi connectivity index (χ3v) is 1.95. The van der Waals surface area contributed by atoms with Gasteiger partial charge in [-0.2, -0.15) is 0 Å². The number of aromatic nitrogens is 1. The van der Waals surface area contributed by atoms with Crippen molar-refractivity contribution in [3.63, 3.8) is 0 Å². The van der Waals surface area contributed by atoms with E-state index in [4.69, 9.17) is 10.2 Å². The fourth-order valence-corrected chi connectivity index (χ4v) is 1.26. The number of ether oxygens (including phenoxy) is 1. The molecule has 0 aliphatic heterocycles. The van der Waals surface area contributed by atoms with Crippen LogP contribution in [0.1, 0.15) is 42.8 Å². The molecule has 5 nitrogen and oxygen atoms in total. The number of methoxy groups -OCH3 is 1. The lowest BCUT2D eigenvalue weighted by molar-refractivity contribution is 0.0562.